The van der Waals surface area contributed by atoms with E-state index in [0.29, 0.717) is 11.3 Å². The second-order valence-electron chi connectivity index (χ2n) is 5.27. The van der Waals surface area contributed by atoms with Crippen LogP contribution in [0.3, 0.4) is 0 Å². The molecule has 0 aromatic rings. The molecule has 1 spiro atoms. The second kappa shape index (κ2) is 2.68. The molecule has 1 atom stereocenters. The van der Waals surface area contributed by atoms with Crippen LogP contribution in [0.4, 0.5) is 8.78 Å². The molecule has 2 fully saturated rings. The molecule has 0 aromatic heterocycles. The van der Waals surface area contributed by atoms with Crippen LogP contribution in [0.15, 0.2) is 0 Å². The molecule has 0 nitrogen and oxygen atoms in total. The van der Waals surface area contributed by atoms with Gasteiger partial charge < -0.3 is 0 Å². The number of rotatable bonds is 1. The Balaban J connectivity index is 1.93. The molecule has 0 bridgehead atoms. The van der Waals surface area contributed by atoms with E-state index >= 15 is 0 Å². The van der Waals surface area contributed by atoms with Crippen molar-refractivity contribution in [2.45, 2.75) is 51.9 Å². The summed E-state index contributed by atoms with van der Waals surface area (Å²) in [7, 11) is 0. The first-order valence-corrected chi connectivity index (χ1v) is 5.33. The van der Waals surface area contributed by atoms with E-state index in [9.17, 15) is 8.78 Å². The van der Waals surface area contributed by atoms with E-state index in [4.69, 9.17) is 0 Å². The molecule has 0 saturated heterocycles. The maximum atomic E-state index is 12.9. The third kappa shape index (κ3) is 1.60. The maximum Gasteiger partial charge on any atom is 0.248 e. The van der Waals surface area contributed by atoms with Gasteiger partial charge in [-0.1, -0.05) is 13.8 Å². The van der Waals surface area contributed by atoms with Gasteiger partial charge in [-0.25, -0.2) is 8.78 Å². The van der Waals surface area contributed by atoms with E-state index in [1.54, 1.807) is 0 Å². The van der Waals surface area contributed by atoms with Crippen LogP contribution in [0.1, 0.15) is 46.0 Å². The first kappa shape index (κ1) is 9.42. The van der Waals surface area contributed by atoms with Crippen LogP contribution in [-0.2, 0) is 0 Å². The van der Waals surface area contributed by atoms with Crippen molar-refractivity contribution in [2.75, 3.05) is 0 Å². The molecule has 0 N–H and O–H groups in total. The van der Waals surface area contributed by atoms with E-state index in [1.807, 2.05) is 0 Å². The number of halogens is 2. The number of alkyl halides is 2. The molecule has 2 aliphatic carbocycles. The van der Waals surface area contributed by atoms with Gasteiger partial charge in [-0.3, -0.25) is 0 Å². The van der Waals surface area contributed by atoms with Crippen molar-refractivity contribution < 1.29 is 8.78 Å². The summed E-state index contributed by atoms with van der Waals surface area (Å²) in [6.07, 6.45) is 3.01. The molecule has 0 radical (unpaired) electrons. The maximum absolute atomic E-state index is 12.9. The third-order valence-corrected chi connectivity index (χ3v) is 4.03. The van der Waals surface area contributed by atoms with Crippen LogP contribution in [-0.4, -0.2) is 5.92 Å². The van der Waals surface area contributed by atoms with Gasteiger partial charge in [-0.15, -0.1) is 0 Å². The van der Waals surface area contributed by atoms with Crippen LogP contribution in [0.25, 0.3) is 0 Å². The first-order chi connectivity index (χ1) is 5.95. The molecule has 76 valence electrons. The minimum Gasteiger partial charge on any atom is -0.207 e. The summed E-state index contributed by atoms with van der Waals surface area (Å²) in [4.78, 5) is 0. The minimum absolute atomic E-state index is 0.135. The zero-order valence-electron chi connectivity index (χ0n) is 8.45. The highest BCUT2D eigenvalue weighted by Gasteiger charge is 2.58. The van der Waals surface area contributed by atoms with Crippen molar-refractivity contribution >= 4 is 0 Å². The lowest BCUT2D eigenvalue weighted by atomic mass is 9.80. The van der Waals surface area contributed by atoms with Gasteiger partial charge in [0, 0.05) is 12.8 Å². The van der Waals surface area contributed by atoms with Crippen LogP contribution >= 0.6 is 0 Å². The summed E-state index contributed by atoms with van der Waals surface area (Å²) in [6.45, 7) is 4.43. The van der Waals surface area contributed by atoms with Gasteiger partial charge in [0.05, 0.1) is 0 Å². The highest BCUT2D eigenvalue weighted by atomic mass is 19.3. The van der Waals surface area contributed by atoms with Crippen LogP contribution in [0, 0.1) is 17.3 Å². The molecule has 0 aromatic carbocycles. The summed E-state index contributed by atoms with van der Waals surface area (Å²) in [5.41, 5.74) is 0.343. The Hall–Kier alpha value is -0.140. The Morgan fingerprint density at radius 3 is 2.00 bits per heavy atom. The van der Waals surface area contributed by atoms with Gasteiger partial charge in [0.2, 0.25) is 5.92 Å². The lowest BCUT2D eigenvalue weighted by molar-refractivity contribution is -0.0526. The van der Waals surface area contributed by atoms with Gasteiger partial charge in [0.25, 0.3) is 0 Å². The number of hydrogen-bond acceptors (Lipinski definition) is 0. The van der Waals surface area contributed by atoms with Crippen molar-refractivity contribution in [3.05, 3.63) is 0 Å². The van der Waals surface area contributed by atoms with Crippen molar-refractivity contribution in [1.29, 1.82) is 0 Å². The molecule has 2 heteroatoms. The molecule has 2 rings (SSSR count). The Morgan fingerprint density at radius 1 is 1.08 bits per heavy atom. The van der Waals surface area contributed by atoms with E-state index in [-0.39, 0.29) is 12.8 Å². The van der Waals surface area contributed by atoms with Gasteiger partial charge in [0.1, 0.15) is 0 Å². The molecule has 0 aliphatic heterocycles. The van der Waals surface area contributed by atoms with E-state index in [1.165, 1.54) is 6.42 Å². The smallest absolute Gasteiger partial charge is 0.207 e. The van der Waals surface area contributed by atoms with Crippen LogP contribution in [0.5, 0.6) is 0 Å². The van der Waals surface area contributed by atoms with Gasteiger partial charge >= 0.3 is 0 Å². The second-order valence-corrected chi connectivity index (χ2v) is 5.27. The Labute approximate surface area is 78.7 Å². The predicted octanol–water partition coefficient (Wildman–Crippen LogP) is 3.86. The zero-order chi connectivity index (χ0) is 9.69. The SMILES string of the molecule is CC(C)C1CC12CCC(F)(F)CC2. The lowest BCUT2D eigenvalue weighted by Gasteiger charge is -2.29. The van der Waals surface area contributed by atoms with Gasteiger partial charge in [0.15, 0.2) is 0 Å². The molecule has 13 heavy (non-hydrogen) atoms. The summed E-state index contributed by atoms with van der Waals surface area (Å²) in [5, 5.41) is 0. The minimum atomic E-state index is -2.35. The van der Waals surface area contributed by atoms with Crippen LogP contribution in [0.2, 0.25) is 0 Å². The van der Waals surface area contributed by atoms with E-state index in [0.717, 1.165) is 18.8 Å². The normalized spacial score (nSPS) is 35.3. The quantitative estimate of drug-likeness (QED) is 0.586. The van der Waals surface area contributed by atoms with E-state index in [2.05, 4.69) is 13.8 Å². The highest BCUT2D eigenvalue weighted by molar-refractivity contribution is 5.06. The topological polar surface area (TPSA) is 0 Å². The fourth-order valence-electron chi connectivity index (χ4n) is 3.01. The molecule has 0 amide bonds. The van der Waals surface area contributed by atoms with Crippen molar-refractivity contribution in [3.8, 4) is 0 Å². The molecule has 2 saturated carbocycles. The molecule has 0 heterocycles. The average molecular weight is 188 g/mol. The van der Waals surface area contributed by atoms with Crippen molar-refractivity contribution in [1.82, 2.24) is 0 Å². The molecular formula is C11H18F2. The third-order valence-electron chi connectivity index (χ3n) is 4.03. The summed E-state index contributed by atoms with van der Waals surface area (Å²) in [5.74, 6) is -0.926. The van der Waals surface area contributed by atoms with Crippen molar-refractivity contribution in [2.24, 2.45) is 17.3 Å². The zero-order valence-corrected chi connectivity index (χ0v) is 8.45. The highest BCUT2D eigenvalue weighted by Crippen LogP contribution is 2.65. The summed E-state index contributed by atoms with van der Waals surface area (Å²) >= 11 is 0. The lowest BCUT2D eigenvalue weighted by Crippen LogP contribution is -2.26. The largest absolute Gasteiger partial charge is 0.248 e. The first-order valence-electron chi connectivity index (χ1n) is 5.33. The number of hydrogen-bond donors (Lipinski definition) is 0. The Bertz CT molecular complexity index is 198. The average Bonchev–Trinajstić information content (AvgIpc) is 2.72. The van der Waals surface area contributed by atoms with Crippen molar-refractivity contribution in [3.63, 3.8) is 0 Å². The standard InChI is InChI=1S/C11H18F2/c1-8(2)9-7-10(9)3-5-11(12,13)6-4-10/h8-9H,3-7H2,1-2H3. The molecule has 2 aliphatic rings. The Morgan fingerprint density at radius 2 is 1.62 bits per heavy atom. The van der Waals surface area contributed by atoms with Gasteiger partial charge in [-0.05, 0) is 36.5 Å². The predicted molar refractivity (Wildman–Crippen MR) is 48.8 cm³/mol. The molecular weight excluding hydrogens is 170 g/mol. The monoisotopic (exact) mass is 188 g/mol. The molecule has 1 unspecified atom stereocenters. The summed E-state index contributed by atoms with van der Waals surface area (Å²) < 4.78 is 25.8. The van der Waals surface area contributed by atoms with Gasteiger partial charge in [-0.2, -0.15) is 0 Å². The Kier molecular flexibility index (Phi) is 1.94. The van der Waals surface area contributed by atoms with E-state index < -0.39 is 5.92 Å². The van der Waals surface area contributed by atoms with Crippen LogP contribution < -0.4 is 0 Å². The summed E-state index contributed by atoms with van der Waals surface area (Å²) in [6, 6.07) is 0. The fourth-order valence-corrected chi connectivity index (χ4v) is 3.01. The fraction of sp³-hybridized carbons (Fsp3) is 1.00.